The highest BCUT2D eigenvalue weighted by molar-refractivity contribution is 7.62. The lowest BCUT2D eigenvalue weighted by Gasteiger charge is -2.30. The third kappa shape index (κ3) is 5.12. The summed E-state index contributed by atoms with van der Waals surface area (Å²) in [6.07, 6.45) is 3.31. The summed E-state index contributed by atoms with van der Waals surface area (Å²) in [5, 5.41) is 4.18. The van der Waals surface area contributed by atoms with Gasteiger partial charge in [0.2, 0.25) is 0 Å². The van der Waals surface area contributed by atoms with Crippen molar-refractivity contribution in [2.45, 2.75) is 59.4 Å². The van der Waals surface area contributed by atoms with E-state index in [2.05, 4.69) is 26.1 Å². The number of benzene rings is 1. The molecule has 0 aromatic heterocycles. The van der Waals surface area contributed by atoms with Crippen molar-refractivity contribution >= 4 is 18.6 Å². The monoisotopic (exact) mass is 327 g/mol. The first kappa shape index (κ1) is 19.2. The molecule has 0 fully saturated rings. The van der Waals surface area contributed by atoms with Crippen molar-refractivity contribution in [3.05, 3.63) is 24.3 Å². The van der Waals surface area contributed by atoms with Gasteiger partial charge in [0.15, 0.2) is 0 Å². The van der Waals surface area contributed by atoms with E-state index in [-0.39, 0.29) is 5.54 Å². The van der Waals surface area contributed by atoms with E-state index in [1.165, 1.54) is 0 Å². The fourth-order valence-electron chi connectivity index (χ4n) is 2.48. The number of hydrogen-bond acceptors (Lipinski definition) is 4. The Morgan fingerprint density at radius 2 is 1.59 bits per heavy atom. The molecule has 0 spiro atoms. The van der Waals surface area contributed by atoms with Crippen LogP contribution in [0.3, 0.4) is 0 Å². The van der Waals surface area contributed by atoms with Gasteiger partial charge in [-0.25, -0.2) is 0 Å². The molecule has 0 aliphatic carbocycles. The lowest BCUT2D eigenvalue weighted by molar-refractivity contribution is 0.230. The van der Waals surface area contributed by atoms with Crippen LogP contribution in [0.1, 0.15) is 53.9 Å². The molecule has 4 nitrogen and oxygen atoms in total. The molecule has 0 aliphatic rings. The lowest BCUT2D eigenvalue weighted by Crippen LogP contribution is -2.33. The summed E-state index contributed by atoms with van der Waals surface area (Å²) in [4.78, 5) is 0. The normalized spacial score (nSPS) is 14.6. The van der Waals surface area contributed by atoms with Gasteiger partial charge in [-0.3, -0.25) is 4.57 Å². The van der Waals surface area contributed by atoms with Crippen LogP contribution in [0.15, 0.2) is 24.3 Å². The third-order valence-corrected chi connectivity index (χ3v) is 5.94. The molecule has 1 unspecified atom stereocenters. The molecule has 22 heavy (non-hydrogen) atoms. The van der Waals surface area contributed by atoms with Gasteiger partial charge in [-0.1, -0.05) is 20.3 Å². The van der Waals surface area contributed by atoms with Crippen LogP contribution < -0.4 is 10.6 Å². The van der Waals surface area contributed by atoms with Crippen LogP contribution in [0.25, 0.3) is 0 Å². The molecule has 0 saturated carbocycles. The highest BCUT2D eigenvalue weighted by Crippen LogP contribution is 2.46. The van der Waals surface area contributed by atoms with Gasteiger partial charge in [0.05, 0.1) is 18.5 Å². The minimum atomic E-state index is -3.19. The molecule has 0 radical (unpaired) electrons. The van der Waals surface area contributed by atoms with Gasteiger partial charge in [0.25, 0.3) is 0 Å². The minimum absolute atomic E-state index is 0.0831. The Morgan fingerprint density at radius 1 is 1.05 bits per heavy atom. The molecule has 0 bridgehead atoms. The third-order valence-electron chi connectivity index (χ3n) is 3.81. The van der Waals surface area contributed by atoms with E-state index in [0.29, 0.717) is 18.5 Å². The molecule has 1 N–H and O–H groups in total. The number of hydrogen-bond donors (Lipinski definition) is 1. The van der Waals surface area contributed by atoms with Gasteiger partial charge >= 0.3 is 7.60 Å². The fourth-order valence-corrected chi connectivity index (χ4v) is 4.05. The average Bonchev–Trinajstić information content (AvgIpc) is 2.48. The molecule has 0 saturated heterocycles. The zero-order chi connectivity index (χ0) is 16.6. The first-order valence-corrected chi connectivity index (χ1v) is 9.75. The number of anilines is 1. The van der Waals surface area contributed by atoms with Gasteiger partial charge in [-0.2, -0.15) is 0 Å². The van der Waals surface area contributed by atoms with Crippen molar-refractivity contribution in [1.29, 1.82) is 0 Å². The highest BCUT2D eigenvalue weighted by atomic mass is 31.2. The molecular weight excluding hydrogens is 297 g/mol. The quantitative estimate of drug-likeness (QED) is 0.617. The Balaban J connectivity index is 2.92. The molecule has 0 amide bonds. The van der Waals surface area contributed by atoms with E-state index in [0.717, 1.165) is 24.9 Å². The minimum Gasteiger partial charge on any atom is -0.380 e. The Morgan fingerprint density at radius 3 is 2.00 bits per heavy atom. The second-order valence-electron chi connectivity index (χ2n) is 5.67. The van der Waals surface area contributed by atoms with Crippen molar-refractivity contribution in [1.82, 2.24) is 0 Å². The standard InChI is InChI=1S/C17H30NO3P/c1-6-14-17(5,7-2)18-15-10-12-16(13-11-15)22(19,20-8-3)21-9-4/h10-13,18H,6-9,14H2,1-5H3. The average molecular weight is 327 g/mol. The second kappa shape index (κ2) is 8.71. The van der Waals surface area contributed by atoms with E-state index in [1.807, 2.05) is 38.1 Å². The molecule has 1 aromatic carbocycles. The van der Waals surface area contributed by atoms with Crippen LogP contribution in [0, 0.1) is 0 Å². The van der Waals surface area contributed by atoms with E-state index in [1.54, 1.807) is 0 Å². The molecule has 0 aliphatic heterocycles. The maximum absolute atomic E-state index is 12.7. The summed E-state index contributed by atoms with van der Waals surface area (Å²) in [6, 6.07) is 7.56. The molecule has 126 valence electrons. The highest BCUT2D eigenvalue weighted by Gasteiger charge is 2.27. The Kier molecular flexibility index (Phi) is 7.61. The van der Waals surface area contributed by atoms with Crippen LogP contribution in [-0.2, 0) is 13.6 Å². The Bertz CT molecular complexity index is 479. The Hall–Kier alpha value is -0.830. The summed E-state index contributed by atoms with van der Waals surface area (Å²) in [6.45, 7) is 11.0. The number of nitrogens with one attached hydrogen (secondary N) is 1. The fraction of sp³-hybridized carbons (Fsp3) is 0.647. The van der Waals surface area contributed by atoms with Crippen LogP contribution in [0.4, 0.5) is 5.69 Å². The van der Waals surface area contributed by atoms with Gasteiger partial charge in [-0.15, -0.1) is 0 Å². The zero-order valence-corrected chi connectivity index (χ0v) is 15.4. The smallest absolute Gasteiger partial charge is 0.361 e. The predicted octanol–water partition coefficient (Wildman–Crippen LogP) is 4.96. The Labute approximate surface area is 135 Å². The summed E-state index contributed by atoms with van der Waals surface area (Å²) in [7, 11) is -3.19. The largest absolute Gasteiger partial charge is 0.380 e. The van der Waals surface area contributed by atoms with Crippen molar-refractivity contribution in [3.63, 3.8) is 0 Å². The zero-order valence-electron chi connectivity index (χ0n) is 14.5. The van der Waals surface area contributed by atoms with Gasteiger partial charge in [-0.05, 0) is 57.9 Å². The molecule has 1 rings (SSSR count). The van der Waals surface area contributed by atoms with Gasteiger partial charge < -0.3 is 14.4 Å². The van der Waals surface area contributed by atoms with Crippen molar-refractivity contribution < 1.29 is 13.6 Å². The van der Waals surface area contributed by atoms with Crippen molar-refractivity contribution in [2.24, 2.45) is 0 Å². The predicted molar refractivity (Wildman–Crippen MR) is 94.2 cm³/mol. The van der Waals surface area contributed by atoms with E-state index >= 15 is 0 Å². The lowest BCUT2D eigenvalue weighted by atomic mass is 9.93. The molecule has 1 atom stereocenters. The first-order chi connectivity index (χ1) is 10.4. The van der Waals surface area contributed by atoms with E-state index in [9.17, 15) is 4.57 Å². The van der Waals surface area contributed by atoms with Gasteiger partial charge in [0, 0.05) is 11.2 Å². The summed E-state index contributed by atoms with van der Waals surface area (Å²) >= 11 is 0. The second-order valence-corrected chi connectivity index (χ2v) is 7.70. The topological polar surface area (TPSA) is 47.6 Å². The maximum atomic E-state index is 12.7. The van der Waals surface area contributed by atoms with E-state index in [4.69, 9.17) is 9.05 Å². The SMILES string of the molecule is CCCC(C)(CC)Nc1ccc(P(=O)(OCC)OCC)cc1. The van der Waals surface area contributed by atoms with Crippen LogP contribution in [0.5, 0.6) is 0 Å². The van der Waals surface area contributed by atoms with E-state index < -0.39 is 7.60 Å². The number of rotatable bonds is 10. The first-order valence-electron chi connectivity index (χ1n) is 8.21. The molecular formula is C17H30NO3P. The van der Waals surface area contributed by atoms with Crippen molar-refractivity contribution in [3.8, 4) is 0 Å². The van der Waals surface area contributed by atoms with Crippen LogP contribution in [-0.4, -0.2) is 18.8 Å². The summed E-state index contributed by atoms with van der Waals surface area (Å²) in [5.74, 6) is 0. The molecule has 5 heteroatoms. The van der Waals surface area contributed by atoms with Crippen LogP contribution >= 0.6 is 7.60 Å². The summed E-state index contributed by atoms with van der Waals surface area (Å²) in [5.41, 5.74) is 1.11. The van der Waals surface area contributed by atoms with Crippen LogP contribution in [0.2, 0.25) is 0 Å². The van der Waals surface area contributed by atoms with Crippen molar-refractivity contribution in [2.75, 3.05) is 18.5 Å². The summed E-state index contributed by atoms with van der Waals surface area (Å²) < 4.78 is 23.4. The maximum Gasteiger partial charge on any atom is 0.361 e. The molecule has 0 heterocycles. The molecule has 1 aromatic rings. The van der Waals surface area contributed by atoms with Gasteiger partial charge in [0.1, 0.15) is 0 Å².